The van der Waals surface area contributed by atoms with Crippen LogP contribution in [-0.4, -0.2) is 40.3 Å². The summed E-state index contributed by atoms with van der Waals surface area (Å²) < 4.78 is 37.5. The van der Waals surface area contributed by atoms with E-state index in [0.717, 1.165) is 17.0 Å². The lowest BCUT2D eigenvalue weighted by Gasteiger charge is -2.15. The van der Waals surface area contributed by atoms with Gasteiger partial charge in [-0.2, -0.15) is 0 Å². The van der Waals surface area contributed by atoms with Crippen molar-refractivity contribution >= 4 is 29.3 Å². The highest BCUT2D eigenvalue weighted by Gasteiger charge is 2.34. The molecule has 152 valence electrons. The normalized spacial score (nSPS) is 17.9. The minimum Gasteiger partial charge on any atom is -0.442 e. The first-order chi connectivity index (χ1) is 13.7. The Hall–Kier alpha value is -3.43. The van der Waals surface area contributed by atoms with Gasteiger partial charge in [0, 0.05) is 20.2 Å². The molecule has 2 amide bonds. The Bertz CT molecular complexity index is 1090. The number of carbonyl (C=O) groups is 2. The summed E-state index contributed by atoms with van der Waals surface area (Å²) in [4.78, 5) is 36.2. The van der Waals surface area contributed by atoms with Crippen molar-refractivity contribution in [3.05, 3.63) is 51.7 Å². The summed E-state index contributed by atoms with van der Waals surface area (Å²) in [6, 6.07) is 2.13. The highest BCUT2D eigenvalue weighted by molar-refractivity contribution is 5.91. The minimum absolute atomic E-state index is 0.0215. The summed E-state index contributed by atoms with van der Waals surface area (Å²) in [6.45, 7) is 1.57. The second-order valence-corrected chi connectivity index (χ2v) is 7.04. The lowest BCUT2D eigenvalue weighted by Crippen LogP contribution is -2.33. The monoisotopic (exact) mass is 404 g/mol. The molecule has 0 aliphatic carbocycles. The number of allylic oxidation sites excluding steroid dienone is 1. The molecule has 8 nitrogen and oxygen atoms in total. The molecule has 1 aromatic heterocycles. The van der Waals surface area contributed by atoms with Gasteiger partial charge in [-0.15, -0.1) is 0 Å². The fourth-order valence-corrected chi connectivity index (χ4v) is 3.56. The van der Waals surface area contributed by atoms with Crippen molar-refractivity contribution in [1.82, 2.24) is 14.5 Å². The SMILES string of the molecule is CC(=O)NC[C@H]1CN(c2cc(F)c(C3=Cc4cn(C)c(=O)n4C3)c(F)c2)C(=O)O1. The molecule has 0 bridgehead atoms. The van der Waals surface area contributed by atoms with Gasteiger partial charge in [0.15, 0.2) is 0 Å². The number of aromatic nitrogens is 2. The van der Waals surface area contributed by atoms with E-state index in [4.69, 9.17) is 4.74 Å². The Morgan fingerprint density at radius 3 is 2.59 bits per heavy atom. The van der Waals surface area contributed by atoms with Gasteiger partial charge in [-0.05, 0) is 23.8 Å². The summed E-state index contributed by atoms with van der Waals surface area (Å²) in [6.07, 6.45) is 1.80. The smallest absolute Gasteiger partial charge is 0.414 e. The molecule has 0 spiro atoms. The molecule has 10 heteroatoms. The molecule has 1 atom stereocenters. The van der Waals surface area contributed by atoms with E-state index in [9.17, 15) is 23.2 Å². The Labute approximate surface area is 164 Å². The summed E-state index contributed by atoms with van der Waals surface area (Å²) in [5.74, 6) is -1.95. The van der Waals surface area contributed by atoms with Crippen LogP contribution in [0.1, 0.15) is 18.2 Å². The van der Waals surface area contributed by atoms with E-state index in [1.54, 1.807) is 19.3 Å². The number of fused-ring (bicyclic) bond motifs is 1. The van der Waals surface area contributed by atoms with Crippen LogP contribution >= 0.6 is 0 Å². The summed E-state index contributed by atoms with van der Waals surface area (Å²) in [5, 5.41) is 2.54. The molecular formula is C19H18F2N4O4. The van der Waals surface area contributed by atoms with Crippen LogP contribution in [0.2, 0.25) is 0 Å². The molecule has 0 saturated carbocycles. The molecule has 4 rings (SSSR count). The Morgan fingerprint density at radius 2 is 1.97 bits per heavy atom. The number of carbonyl (C=O) groups excluding carboxylic acids is 2. The van der Waals surface area contributed by atoms with Crippen LogP contribution in [0, 0.1) is 11.6 Å². The highest BCUT2D eigenvalue weighted by Crippen LogP contribution is 2.33. The van der Waals surface area contributed by atoms with Gasteiger partial charge in [-0.25, -0.2) is 18.4 Å². The second kappa shape index (κ2) is 6.87. The zero-order valence-corrected chi connectivity index (χ0v) is 15.7. The minimum atomic E-state index is -0.841. The quantitative estimate of drug-likeness (QED) is 0.837. The maximum atomic E-state index is 14.8. The number of halogens is 2. The van der Waals surface area contributed by atoms with Gasteiger partial charge in [-0.1, -0.05) is 0 Å². The predicted octanol–water partition coefficient (Wildman–Crippen LogP) is 1.48. The van der Waals surface area contributed by atoms with Gasteiger partial charge in [0.2, 0.25) is 5.91 Å². The number of aryl methyl sites for hydroxylation is 1. The summed E-state index contributed by atoms with van der Waals surface area (Å²) >= 11 is 0. The molecule has 3 heterocycles. The molecular weight excluding hydrogens is 386 g/mol. The molecule has 2 aromatic rings. The average molecular weight is 404 g/mol. The second-order valence-electron chi connectivity index (χ2n) is 7.04. The molecule has 2 aliphatic rings. The zero-order chi connectivity index (χ0) is 20.9. The molecule has 0 unspecified atom stereocenters. The van der Waals surface area contributed by atoms with E-state index in [0.29, 0.717) is 11.3 Å². The van der Waals surface area contributed by atoms with Gasteiger partial charge >= 0.3 is 11.8 Å². The Morgan fingerprint density at radius 1 is 1.28 bits per heavy atom. The van der Waals surface area contributed by atoms with E-state index >= 15 is 0 Å². The molecule has 1 N–H and O–H groups in total. The van der Waals surface area contributed by atoms with Crippen LogP contribution < -0.4 is 15.9 Å². The zero-order valence-electron chi connectivity index (χ0n) is 15.7. The van der Waals surface area contributed by atoms with Crippen LogP contribution in [0.5, 0.6) is 0 Å². The number of rotatable bonds is 4. The number of hydrogen-bond acceptors (Lipinski definition) is 4. The lowest BCUT2D eigenvalue weighted by molar-refractivity contribution is -0.119. The maximum Gasteiger partial charge on any atom is 0.414 e. The first-order valence-electron chi connectivity index (χ1n) is 8.93. The van der Waals surface area contributed by atoms with Crippen molar-refractivity contribution in [2.24, 2.45) is 7.05 Å². The molecule has 2 aliphatic heterocycles. The summed E-state index contributed by atoms with van der Waals surface area (Å²) in [7, 11) is 1.60. The number of nitrogens with zero attached hydrogens (tertiary/aromatic N) is 3. The number of imidazole rings is 1. The number of hydrogen-bond donors (Lipinski definition) is 1. The summed E-state index contributed by atoms with van der Waals surface area (Å²) in [5.41, 5.74) is 0.426. The van der Waals surface area contributed by atoms with E-state index in [1.807, 2.05) is 0 Å². The first-order valence-corrected chi connectivity index (χ1v) is 8.93. The number of anilines is 1. The van der Waals surface area contributed by atoms with Crippen LogP contribution in [-0.2, 0) is 23.1 Å². The van der Waals surface area contributed by atoms with Crippen LogP contribution in [0.15, 0.2) is 23.1 Å². The Balaban J connectivity index is 1.59. The standard InChI is InChI=1S/C19H18F2N4O4/c1-10(26)22-6-14-9-25(19(28)29-14)12-4-15(20)17(16(21)5-12)11-3-13-8-23(2)18(27)24(13)7-11/h3-5,8,14H,6-7,9H2,1-2H3,(H,22,26)/t14-/m0/s1. The largest absolute Gasteiger partial charge is 0.442 e. The van der Waals surface area contributed by atoms with Gasteiger partial charge in [-0.3, -0.25) is 14.3 Å². The van der Waals surface area contributed by atoms with Gasteiger partial charge in [0.05, 0.1) is 36.6 Å². The van der Waals surface area contributed by atoms with Gasteiger partial charge in [0.25, 0.3) is 0 Å². The molecule has 29 heavy (non-hydrogen) atoms. The number of benzene rings is 1. The topological polar surface area (TPSA) is 85.6 Å². The first kappa shape index (κ1) is 18.9. The third-order valence-electron chi connectivity index (χ3n) is 4.93. The third kappa shape index (κ3) is 3.30. The van der Waals surface area contributed by atoms with Crippen molar-refractivity contribution in [3.8, 4) is 0 Å². The van der Waals surface area contributed by atoms with Crippen molar-refractivity contribution in [3.63, 3.8) is 0 Å². The van der Waals surface area contributed by atoms with Crippen LogP contribution in [0.25, 0.3) is 11.6 Å². The van der Waals surface area contributed by atoms with E-state index in [1.165, 1.54) is 16.1 Å². The van der Waals surface area contributed by atoms with Gasteiger partial charge < -0.3 is 14.6 Å². The van der Waals surface area contributed by atoms with Crippen LogP contribution in [0.4, 0.5) is 19.3 Å². The van der Waals surface area contributed by atoms with Crippen molar-refractivity contribution in [2.45, 2.75) is 19.6 Å². The van der Waals surface area contributed by atoms with E-state index in [2.05, 4.69) is 5.32 Å². The van der Waals surface area contributed by atoms with E-state index in [-0.39, 0.29) is 42.5 Å². The third-order valence-corrected chi connectivity index (χ3v) is 4.93. The predicted molar refractivity (Wildman–Crippen MR) is 100 cm³/mol. The molecule has 1 aromatic carbocycles. The molecule has 1 saturated heterocycles. The number of amides is 2. The fourth-order valence-electron chi connectivity index (χ4n) is 3.56. The van der Waals surface area contributed by atoms with E-state index < -0.39 is 23.8 Å². The van der Waals surface area contributed by atoms with Crippen molar-refractivity contribution in [1.29, 1.82) is 0 Å². The number of nitrogens with one attached hydrogen (secondary N) is 1. The fraction of sp³-hybridized carbons (Fsp3) is 0.316. The van der Waals surface area contributed by atoms with Crippen molar-refractivity contribution in [2.75, 3.05) is 18.0 Å². The number of cyclic esters (lactones) is 1. The average Bonchev–Trinajstić information content (AvgIpc) is 3.28. The maximum absolute atomic E-state index is 14.8. The van der Waals surface area contributed by atoms with Crippen molar-refractivity contribution < 1.29 is 23.1 Å². The number of ether oxygens (including phenoxy) is 1. The highest BCUT2D eigenvalue weighted by atomic mass is 19.1. The molecule has 0 radical (unpaired) electrons. The van der Waals surface area contributed by atoms with Gasteiger partial charge in [0.1, 0.15) is 17.7 Å². The van der Waals surface area contributed by atoms with Crippen LogP contribution in [0.3, 0.4) is 0 Å². The Kier molecular flexibility index (Phi) is 4.48. The molecule has 1 fully saturated rings. The lowest BCUT2D eigenvalue weighted by atomic mass is 10.0.